The smallest absolute Gasteiger partial charge is 0.325 e. The molecule has 118 valence electrons. The molecule has 1 rings (SSSR count). The van der Waals surface area contributed by atoms with E-state index in [0.717, 1.165) is 30.0 Å². The first-order valence-corrected chi connectivity index (χ1v) is 8.22. The van der Waals surface area contributed by atoms with Gasteiger partial charge in [0.25, 0.3) is 0 Å². The van der Waals surface area contributed by atoms with Crippen molar-refractivity contribution in [2.24, 2.45) is 0 Å². The van der Waals surface area contributed by atoms with Crippen LogP contribution in [0.25, 0.3) is 0 Å². The maximum Gasteiger partial charge on any atom is 0.325 e. The molecule has 0 bridgehead atoms. The number of halogens is 1. The number of hydrogen-bond donors (Lipinski definition) is 1. The summed E-state index contributed by atoms with van der Waals surface area (Å²) in [6.45, 7) is 4.74. The van der Waals surface area contributed by atoms with Gasteiger partial charge in [0.2, 0.25) is 0 Å². The van der Waals surface area contributed by atoms with Crippen LogP contribution in [0.2, 0.25) is 0 Å². The van der Waals surface area contributed by atoms with Gasteiger partial charge >= 0.3 is 5.97 Å². The van der Waals surface area contributed by atoms with Crippen molar-refractivity contribution in [3.8, 4) is 0 Å². The number of carbonyl (C=O) groups excluding carboxylic acids is 1. The highest BCUT2D eigenvalue weighted by Crippen LogP contribution is 2.22. The summed E-state index contributed by atoms with van der Waals surface area (Å²) in [4.78, 5) is 12.9. The first-order valence-electron chi connectivity index (χ1n) is 7.23. The highest BCUT2D eigenvalue weighted by molar-refractivity contribution is 7.99. The van der Waals surface area contributed by atoms with Crippen molar-refractivity contribution in [2.45, 2.75) is 43.5 Å². The zero-order valence-corrected chi connectivity index (χ0v) is 13.8. The second kappa shape index (κ2) is 9.05. The molecule has 5 heteroatoms. The highest BCUT2D eigenvalue weighted by Gasteiger charge is 2.32. The van der Waals surface area contributed by atoms with Crippen molar-refractivity contribution in [2.75, 3.05) is 19.4 Å². The van der Waals surface area contributed by atoms with Crippen molar-refractivity contribution in [1.29, 1.82) is 0 Å². The molecule has 1 N–H and O–H groups in total. The van der Waals surface area contributed by atoms with Gasteiger partial charge in [0.15, 0.2) is 0 Å². The minimum absolute atomic E-state index is 0.220. The van der Waals surface area contributed by atoms with Gasteiger partial charge in [-0.05, 0) is 62.7 Å². The summed E-state index contributed by atoms with van der Waals surface area (Å²) in [5, 5.41) is 3.27. The van der Waals surface area contributed by atoms with Gasteiger partial charge in [0.05, 0.1) is 7.11 Å². The predicted octanol–water partition coefficient (Wildman–Crippen LogP) is 3.63. The van der Waals surface area contributed by atoms with E-state index in [1.807, 2.05) is 6.92 Å². The molecule has 1 aromatic carbocycles. The van der Waals surface area contributed by atoms with E-state index in [2.05, 4.69) is 12.2 Å². The first-order chi connectivity index (χ1) is 10.0. The van der Waals surface area contributed by atoms with E-state index < -0.39 is 5.54 Å². The van der Waals surface area contributed by atoms with Gasteiger partial charge in [-0.1, -0.05) is 6.92 Å². The lowest BCUT2D eigenvalue weighted by atomic mass is 9.96. The maximum absolute atomic E-state index is 12.8. The molecular formula is C16H24FNO2S. The lowest BCUT2D eigenvalue weighted by Crippen LogP contribution is -2.50. The molecule has 0 saturated heterocycles. The van der Waals surface area contributed by atoms with E-state index in [1.165, 1.54) is 19.2 Å². The molecule has 3 nitrogen and oxygen atoms in total. The second-order valence-electron chi connectivity index (χ2n) is 5.16. The largest absolute Gasteiger partial charge is 0.468 e. The van der Waals surface area contributed by atoms with Crippen LogP contribution < -0.4 is 5.32 Å². The molecular weight excluding hydrogens is 289 g/mol. The number of methoxy groups -OCH3 is 1. The summed E-state index contributed by atoms with van der Waals surface area (Å²) in [6, 6.07) is 6.47. The maximum atomic E-state index is 12.8. The summed E-state index contributed by atoms with van der Waals surface area (Å²) in [7, 11) is 1.42. The van der Waals surface area contributed by atoms with Gasteiger partial charge in [-0.2, -0.15) is 0 Å². The lowest BCUT2D eigenvalue weighted by molar-refractivity contribution is -0.148. The van der Waals surface area contributed by atoms with E-state index in [9.17, 15) is 9.18 Å². The third-order valence-corrected chi connectivity index (χ3v) is 4.40. The fourth-order valence-corrected chi connectivity index (χ4v) is 2.89. The number of esters is 1. The molecule has 1 atom stereocenters. The van der Waals surface area contributed by atoms with Crippen molar-refractivity contribution >= 4 is 17.7 Å². The van der Waals surface area contributed by atoms with Gasteiger partial charge < -0.3 is 10.1 Å². The molecule has 0 fully saturated rings. The first kappa shape index (κ1) is 18.0. The number of thioether (sulfide) groups is 1. The van der Waals surface area contributed by atoms with Gasteiger partial charge in [0, 0.05) is 4.90 Å². The summed E-state index contributed by atoms with van der Waals surface area (Å²) in [6.07, 6.45) is 2.56. The van der Waals surface area contributed by atoms with E-state index in [1.54, 1.807) is 23.9 Å². The molecule has 0 saturated carbocycles. The van der Waals surface area contributed by atoms with Crippen LogP contribution in [0.1, 0.15) is 33.1 Å². The Hall–Kier alpha value is -1.07. The minimum atomic E-state index is -0.631. The number of nitrogens with one attached hydrogen (secondary N) is 1. The summed E-state index contributed by atoms with van der Waals surface area (Å²) >= 11 is 1.67. The van der Waals surface area contributed by atoms with E-state index in [-0.39, 0.29) is 11.8 Å². The molecule has 0 radical (unpaired) electrons. The third-order valence-electron chi connectivity index (χ3n) is 3.30. The average Bonchev–Trinajstić information content (AvgIpc) is 2.50. The van der Waals surface area contributed by atoms with Crippen molar-refractivity contribution in [3.63, 3.8) is 0 Å². The Morgan fingerprint density at radius 2 is 2.05 bits per heavy atom. The Balaban J connectivity index is 2.42. The normalized spacial score (nSPS) is 13.7. The zero-order valence-electron chi connectivity index (χ0n) is 12.9. The SMILES string of the molecule is CCCNC(C)(CCCSc1ccc(F)cc1)C(=O)OC. The quantitative estimate of drug-likeness (QED) is 0.429. The number of benzene rings is 1. The number of rotatable bonds is 9. The predicted molar refractivity (Wildman–Crippen MR) is 85.1 cm³/mol. The monoisotopic (exact) mass is 313 g/mol. The van der Waals surface area contributed by atoms with Crippen LogP contribution in [0, 0.1) is 5.82 Å². The van der Waals surface area contributed by atoms with Crippen LogP contribution in [0.5, 0.6) is 0 Å². The lowest BCUT2D eigenvalue weighted by Gasteiger charge is -2.28. The molecule has 0 aliphatic carbocycles. The van der Waals surface area contributed by atoms with Crippen LogP contribution in [0.4, 0.5) is 4.39 Å². The van der Waals surface area contributed by atoms with Crippen molar-refractivity contribution < 1.29 is 13.9 Å². The molecule has 0 aromatic heterocycles. The summed E-state index contributed by atoms with van der Waals surface area (Å²) in [5.41, 5.74) is -0.631. The Kier molecular flexibility index (Phi) is 7.75. The van der Waals surface area contributed by atoms with Gasteiger partial charge in [-0.25, -0.2) is 4.39 Å². The van der Waals surface area contributed by atoms with Gasteiger partial charge in [-0.3, -0.25) is 4.79 Å². The second-order valence-corrected chi connectivity index (χ2v) is 6.32. The molecule has 1 aromatic rings. The molecule has 0 spiro atoms. The van der Waals surface area contributed by atoms with Gasteiger partial charge in [-0.15, -0.1) is 11.8 Å². The molecule has 0 heterocycles. The topological polar surface area (TPSA) is 38.3 Å². The van der Waals surface area contributed by atoms with E-state index >= 15 is 0 Å². The number of carbonyl (C=O) groups is 1. The Bertz CT molecular complexity index is 438. The number of hydrogen-bond acceptors (Lipinski definition) is 4. The molecule has 1 unspecified atom stereocenters. The van der Waals surface area contributed by atoms with Crippen LogP contribution >= 0.6 is 11.8 Å². The fourth-order valence-electron chi connectivity index (χ4n) is 2.04. The van der Waals surface area contributed by atoms with Crippen LogP contribution in [0.15, 0.2) is 29.2 Å². The van der Waals surface area contributed by atoms with Crippen LogP contribution in [-0.4, -0.2) is 30.9 Å². The average molecular weight is 313 g/mol. The zero-order chi connectivity index (χ0) is 15.7. The highest BCUT2D eigenvalue weighted by atomic mass is 32.2. The molecule has 21 heavy (non-hydrogen) atoms. The Morgan fingerprint density at radius 3 is 2.62 bits per heavy atom. The molecule has 0 aliphatic heterocycles. The Labute approximate surface area is 130 Å². The summed E-state index contributed by atoms with van der Waals surface area (Å²) < 4.78 is 17.7. The molecule has 0 aliphatic rings. The van der Waals surface area contributed by atoms with Gasteiger partial charge in [0.1, 0.15) is 11.4 Å². The van der Waals surface area contributed by atoms with Crippen LogP contribution in [0.3, 0.4) is 0 Å². The fraction of sp³-hybridized carbons (Fsp3) is 0.562. The third kappa shape index (κ3) is 6.06. The number of ether oxygens (including phenoxy) is 1. The standard InChI is InChI=1S/C16H24FNO2S/c1-4-11-18-16(2,15(19)20-3)10-5-12-21-14-8-6-13(17)7-9-14/h6-9,18H,4-5,10-12H2,1-3H3. The van der Waals surface area contributed by atoms with E-state index in [4.69, 9.17) is 4.74 Å². The summed E-state index contributed by atoms with van der Waals surface area (Å²) in [5.74, 6) is 0.440. The Morgan fingerprint density at radius 1 is 1.38 bits per heavy atom. The minimum Gasteiger partial charge on any atom is -0.468 e. The van der Waals surface area contributed by atoms with Crippen molar-refractivity contribution in [1.82, 2.24) is 5.32 Å². The van der Waals surface area contributed by atoms with Crippen molar-refractivity contribution in [3.05, 3.63) is 30.1 Å². The molecule has 0 amide bonds. The van der Waals surface area contributed by atoms with Crippen LogP contribution in [-0.2, 0) is 9.53 Å². The van der Waals surface area contributed by atoms with E-state index in [0.29, 0.717) is 6.42 Å².